The molecule has 1 atom stereocenters. The molecule has 8 nitrogen and oxygen atoms in total. The van der Waals surface area contributed by atoms with E-state index in [-0.39, 0.29) is 18.4 Å². The van der Waals surface area contributed by atoms with E-state index >= 15 is 0 Å². The van der Waals surface area contributed by atoms with Crippen LogP contribution in [0.3, 0.4) is 0 Å². The second-order valence-electron chi connectivity index (χ2n) is 6.95. The Labute approximate surface area is 169 Å². The maximum absolute atomic E-state index is 12.6. The zero-order valence-electron chi connectivity index (χ0n) is 16.3. The first-order valence-electron chi connectivity index (χ1n) is 9.60. The predicted molar refractivity (Wildman–Crippen MR) is 106 cm³/mol. The molecule has 1 aromatic carbocycles. The average molecular weight is 393 g/mol. The van der Waals surface area contributed by atoms with Crippen molar-refractivity contribution in [3.63, 3.8) is 0 Å². The van der Waals surface area contributed by atoms with Gasteiger partial charge in [-0.1, -0.05) is 6.07 Å². The Bertz CT molecular complexity index is 960. The van der Waals surface area contributed by atoms with Crippen molar-refractivity contribution in [2.24, 2.45) is 0 Å². The third-order valence-corrected chi connectivity index (χ3v) is 4.94. The van der Waals surface area contributed by atoms with E-state index in [9.17, 15) is 4.79 Å². The number of nitrogens with zero attached hydrogens (tertiary/aromatic N) is 5. The lowest BCUT2D eigenvalue weighted by Crippen LogP contribution is -2.41. The highest BCUT2D eigenvalue weighted by Gasteiger charge is 2.26. The number of hydrogen-bond donors (Lipinski definition) is 0. The molecule has 150 valence electrons. The van der Waals surface area contributed by atoms with E-state index in [0.717, 1.165) is 25.1 Å². The quantitative estimate of drug-likeness (QED) is 0.640. The van der Waals surface area contributed by atoms with Crippen molar-refractivity contribution >= 4 is 5.91 Å². The number of piperidine rings is 1. The van der Waals surface area contributed by atoms with Gasteiger partial charge in [0.1, 0.15) is 18.0 Å². The standard InChI is InChI=1S/C21H23N5O3/c1-28-17-6-2-7-18(11-17)29-20-13-22-12-19(24-20)16-5-3-9-25(14-16)21(27)15-26-10-4-8-23-26/h2,4,6-8,10-13,16H,3,5,9,14-15H2,1H3. The van der Waals surface area contributed by atoms with Crippen LogP contribution in [-0.4, -0.2) is 50.8 Å². The second-order valence-corrected chi connectivity index (χ2v) is 6.95. The van der Waals surface area contributed by atoms with Crippen molar-refractivity contribution in [2.75, 3.05) is 20.2 Å². The smallest absolute Gasteiger partial charge is 0.244 e. The van der Waals surface area contributed by atoms with Gasteiger partial charge in [0, 0.05) is 43.7 Å². The van der Waals surface area contributed by atoms with Crippen molar-refractivity contribution in [1.82, 2.24) is 24.6 Å². The van der Waals surface area contributed by atoms with Gasteiger partial charge in [-0.05, 0) is 31.0 Å². The molecule has 1 unspecified atom stereocenters. The van der Waals surface area contributed by atoms with E-state index in [1.165, 1.54) is 0 Å². The van der Waals surface area contributed by atoms with Crippen LogP contribution in [0, 0.1) is 0 Å². The van der Waals surface area contributed by atoms with Gasteiger partial charge in [-0.3, -0.25) is 14.5 Å². The fourth-order valence-electron chi connectivity index (χ4n) is 3.47. The Morgan fingerprint density at radius 1 is 1.24 bits per heavy atom. The molecule has 1 fully saturated rings. The molecule has 1 amide bonds. The van der Waals surface area contributed by atoms with E-state index in [0.29, 0.717) is 23.9 Å². The molecule has 0 aliphatic carbocycles. The minimum absolute atomic E-state index is 0.0649. The number of amides is 1. The van der Waals surface area contributed by atoms with Crippen LogP contribution in [-0.2, 0) is 11.3 Å². The maximum Gasteiger partial charge on any atom is 0.244 e. The fraction of sp³-hybridized carbons (Fsp3) is 0.333. The van der Waals surface area contributed by atoms with Crippen molar-refractivity contribution in [3.8, 4) is 17.4 Å². The molecule has 0 saturated carbocycles. The highest BCUT2D eigenvalue weighted by Crippen LogP contribution is 2.28. The zero-order chi connectivity index (χ0) is 20.1. The van der Waals surface area contributed by atoms with Crippen LogP contribution < -0.4 is 9.47 Å². The molecule has 0 bridgehead atoms. The van der Waals surface area contributed by atoms with E-state index in [1.54, 1.807) is 42.6 Å². The zero-order valence-corrected chi connectivity index (χ0v) is 16.3. The number of carbonyl (C=O) groups excluding carboxylic acids is 1. The van der Waals surface area contributed by atoms with Crippen LogP contribution in [0.5, 0.6) is 17.4 Å². The van der Waals surface area contributed by atoms with Gasteiger partial charge < -0.3 is 14.4 Å². The average Bonchev–Trinajstić information content (AvgIpc) is 3.27. The van der Waals surface area contributed by atoms with Gasteiger partial charge in [0.2, 0.25) is 11.8 Å². The van der Waals surface area contributed by atoms with Crippen LogP contribution in [0.4, 0.5) is 0 Å². The molecule has 0 spiro atoms. The third kappa shape index (κ3) is 4.71. The Morgan fingerprint density at radius 2 is 2.14 bits per heavy atom. The van der Waals surface area contributed by atoms with Crippen molar-refractivity contribution in [2.45, 2.75) is 25.3 Å². The van der Waals surface area contributed by atoms with Gasteiger partial charge in [-0.15, -0.1) is 0 Å². The van der Waals surface area contributed by atoms with Crippen molar-refractivity contribution < 1.29 is 14.3 Å². The fourth-order valence-corrected chi connectivity index (χ4v) is 3.47. The Kier molecular flexibility index (Phi) is 5.69. The summed E-state index contributed by atoms with van der Waals surface area (Å²) in [6, 6.07) is 9.16. The van der Waals surface area contributed by atoms with Gasteiger partial charge in [0.25, 0.3) is 0 Å². The van der Waals surface area contributed by atoms with Gasteiger partial charge >= 0.3 is 0 Å². The highest BCUT2D eigenvalue weighted by atomic mass is 16.5. The monoisotopic (exact) mass is 393 g/mol. The highest BCUT2D eigenvalue weighted by molar-refractivity contribution is 5.76. The number of likely N-dealkylation sites (tertiary alicyclic amines) is 1. The lowest BCUT2D eigenvalue weighted by Gasteiger charge is -2.32. The number of methoxy groups -OCH3 is 1. The van der Waals surface area contributed by atoms with Gasteiger partial charge in [0.15, 0.2) is 0 Å². The number of carbonyl (C=O) groups is 1. The largest absolute Gasteiger partial charge is 0.497 e. The second kappa shape index (κ2) is 8.72. The van der Waals surface area contributed by atoms with E-state index in [4.69, 9.17) is 9.47 Å². The lowest BCUT2D eigenvalue weighted by atomic mass is 9.95. The molecule has 3 aromatic rings. The molecule has 8 heteroatoms. The summed E-state index contributed by atoms with van der Waals surface area (Å²) < 4.78 is 12.7. The minimum atomic E-state index is 0.0649. The maximum atomic E-state index is 12.6. The van der Waals surface area contributed by atoms with Gasteiger partial charge in [-0.2, -0.15) is 5.10 Å². The van der Waals surface area contributed by atoms with E-state index < -0.39 is 0 Å². The number of rotatable bonds is 6. The van der Waals surface area contributed by atoms with Gasteiger partial charge in [0.05, 0.1) is 19.0 Å². The molecular formula is C21H23N5O3. The molecule has 1 saturated heterocycles. The summed E-state index contributed by atoms with van der Waals surface area (Å²) in [7, 11) is 1.61. The van der Waals surface area contributed by atoms with Crippen LogP contribution in [0.1, 0.15) is 24.5 Å². The van der Waals surface area contributed by atoms with Crippen LogP contribution >= 0.6 is 0 Å². The Morgan fingerprint density at radius 3 is 2.97 bits per heavy atom. The summed E-state index contributed by atoms with van der Waals surface area (Å²) in [5, 5.41) is 4.11. The summed E-state index contributed by atoms with van der Waals surface area (Å²) in [6.45, 7) is 1.63. The number of benzene rings is 1. The van der Waals surface area contributed by atoms with Crippen LogP contribution in [0.2, 0.25) is 0 Å². The molecule has 1 aliphatic heterocycles. The van der Waals surface area contributed by atoms with E-state index in [1.807, 2.05) is 29.2 Å². The molecule has 0 radical (unpaired) electrons. The molecule has 0 N–H and O–H groups in total. The van der Waals surface area contributed by atoms with E-state index in [2.05, 4.69) is 15.1 Å². The predicted octanol–water partition coefficient (Wildman–Crippen LogP) is 2.88. The number of hydrogen-bond acceptors (Lipinski definition) is 6. The summed E-state index contributed by atoms with van der Waals surface area (Å²) >= 11 is 0. The van der Waals surface area contributed by atoms with Crippen LogP contribution in [0.25, 0.3) is 0 Å². The van der Waals surface area contributed by atoms with Crippen LogP contribution in [0.15, 0.2) is 55.1 Å². The molecule has 3 heterocycles. The SMILES string of the molecule is COc1cccc(Oc2cncc(C3CCCN(C(=O)Cn4cccn4)C3)n2)c1. The summed E-state index contributed by atoms with van der Waals surface area (Å²) in [4.78, 5) is 23.4. The number of ether oxygens (including phenoxy) is 2. The summed E-state index contributed by atoms with van der Waals surface area (Å²) in [6.07, 6.45) is 8.71. The number of aromatic nitrogens is 4. The Balaban J connectivity index is 1.43. The third-order valence-electron chi connectivity index (χ3n) is 4.94. The lowest BCUT2D eigenvalue weighted by molar-refractivity contribution is -0.133. The Hall–Kier alpha value is -3.42. The van der Waals surface area contributed by atoms with Crippen molar-refractivity contribution in [3.05, 3.63) is 60.8 Å². The normalized spacial score (nSPS) is 16.4. The minimum Gasteiger partial charge on any atom is -0.497 e. The molecule has 4 rings (SSSR count). The molecule has 29 heavy (non-hydrogen) atoms. The molecule has 2 aromatic heterocycles. The van der Waals surface area contributed by atoms with Crippen molar-refractivity contribution in [1.29, 1.82) is 0 Å². The topological polar surface area (TPSA) is 82.4 Å². The molecular weight excluding hydrogens is 370 g/mol. The summed E-state index contributed by atoms with van der Waals surface area (Å²) in [5.41, 5.74) is 0.835. The molecule has 1 aliphatic rings. The first kappa shape index (κ1) is 18.9. The van der Waals surface area contributed by atoms with Gasteiger partial charge in [-0.25, -0.2) is 4.98 Å². The summed E-state index contributed by atoms with van der Waals surface area (Å²) in [5.74, 6) is 1.97. The first-order valence-corrected chi connectivity index (χ1v) is 9.60. The first-order chi connectivity index (χ1) is 14.2.